The van der Waals surface area contributed by atoms with E-state index in [2.05, 4.69) is 19.2 Å². The van der Waals surface area contributed by atoms with Crippen molar-refractivity contribution in [3.05, 3.63) is 0 Å². The third-order valence-corrected chi connectivity index (χ3v) is 4.29. The second-order valence-corrected chi connectivity index (χ2v) is 5.64. The summed E-state index contributed by atoms with van der Waals surface area (Å²) in [5, 5.41) is 12.8. The van der Waals surface area contributed by atoms with Crippen LogP contribution in [-0.2, 0) is 4.79 Å². The van der Waals surface area contributed by atoms with Crippen molar-refractivity contribution >= 4 is 5.97 Å². The van der Waals surface area contributed by atoms with E-state index in [1.165, 1.54) is 25.7 Å². The monoisotopic (exact) mass is 255 g/mol. The van der Waals surface area contributed by atoms with Gasteiger partial charge in [-0.25, -0.2) is 0 Å². The van der Waals surface area contributed by atoms with Gasteiger partial charge < -0.3 is 10.4 Å². The molecule has 3 nitrogen and oxygen atoms in total. The van der Waals surface area contributed by atoms with Crippen LogP contribution in [0.3, 0.4) is 0 Å². The van der Waals surface area contributed by atoms with Gasteiger partial charge in [-0.3, -0.25) is 4.79 Å². The molecule has 0 aromatic rings. The van der Waals surface area contributed by atoms with E-state index in [9.17, 15) is 9.90 Å². The van der Waals surface area contributed by atoms with Crippen LogP contribution in [0.15, 0.2) is 0 Å². The Kier molecular flexibility index (Phi) is 7.33. The molecule has 0 heterocycles. The van der Waals surface area contributed by atoms with Gasteiger partial charge in [-0.15, -0.1) is 0 Å². The summed E-state index contributed by atoms with van der Waals surface area (Å²) in [6.07, 6.45) is 9.09. The lowest BCUT2D eigenvalue weighted by Crippen LogP contribution is -2.39. The van der Waals surface area contributed by atoms with E-state index in [1.807, 2.05) is 0 Å². The molecule has 0 amide bonds. The summed E-state index contributed by atoms with van der Waals surface area (Å²) in [5.41, 5.74) is 0. The molecule has 1 aliphatic rings. The minimum absolute atomic E-state index is 0.116. The van der Waals surface area contributed by atoms with Crippen LogP contribution in [0.1, 0.15) is 65.2 Å². The van der Waals surface area contributed by atoms with Crippen LogP contribution in [0.4, 0.5) is 0 Å². The number of rotatable bonds is 8. The lowest BCUT2D eigenvalue weighted by atomic mass is 9.79. The second kappa shape index (κ2) is 8.52. The normalized spacial score (nSPS) is 25.9. The summed E-state index contributed by atoms with van der Waals surface area (Å²) < 4.78 is 0. The Balaban J connectivity index is 2.36. The van der Waals surface area contributed by atoms with E-state index in [-0.39, 0.29) is 5.92 Å². The molecule has 0 aromatic carbocycles. The number of unbranched alkanes of at least 4 members (excludes halogenated alkanes) is 1. The van der Waals surface area contributed by atoms with Gasteiger partial charge in [-0.05, 0) is 38.1 Å². The fourth-order valence-corrected chi connectivity index (χ4v) is 3.00. The molecule has 3 unspecified atom stereocenters. The number of carboxylic acids is 1. The van der Waals surface area contributed by atoms with Gasteiger partial charge in [-0.2, -0.15) is 0 Å². The van der Waals surface area contributed by atoms with Crippen LogP contribution >= 0.6 is 0 Å². The highest BCUT2D eigenvalue weighted by atomic mass is 16.4. The molecule has 2 N–H and O–H groups in total. The van der Waals surface area contributed by atoms with Gasteiger partial charge in [-0.1, -0.05) is 39.5 Å². The molecule has 0 radical (unpaired) electrons. The van der Waals surface area contributed by atoms with Crippen LogP contribution in [0.5, 0.6) is 0 Å². The van der Waals surface area contributed by atoms with Crippen molar-refractivity contribution in [2.45, 2.75) is 71.3 Å². The molecule has 1 rings (SSSR count). The Morgan fingerprint density at radius 3 is 2.67 bits per heavy atom. The maximum absolute atomic E-state index is 11.2. The van der Waals surface area contributed by atoms with Gasteiger partial charge in [0.25, 0.3) is 0 Å². The average Bonchev–Trinajstić information content (AvgIpc) is 2.39. The number of nitrogens with one attached hydrogen (secondary N) is 1. The molecule has 0 bridgehead atoms. The van der Waals surface area contributed by atoms with Crippen LogP contribution in [0.2, 0.25) is 0 Å². The average molecular weight is 255 g/mol. The molecule has 3 heteroatoms. The minimum atomic E-state index is -0.594. The molecular weight excluding hydrogens is 226 g/mol. The van der Waals surface area contributed by atoms with Gasteiger partial charge in [0.15, 0.2) is 0 Å². The summed E-state index contributed by atoms with van der Waals surface area (Å²) in [6.45, 7) is 5.32. The number of hydrogen-bond donors (Lipinski definition) is 2. The summed E-state index contributed by atoms with van der Waals surface area (Å²) in [6, 6.07) is 0.571. The summed E-state index contributed by atoms with van der Waals surface area (Å²) >= 11 is 0. The molecule has 0 spiro atoms. The molecule has 3 atom stereocenters. The molecule has 0 saturated heterocycles. The molecule has 1 fully saturated rings. The van der Waals surface area contributed by atoms with Crippen molar-refractivity contribution in [2.24, 2.45) is 11.8 Å². The smallest absolute Gasteiger partial charge is 0.306 e. The SMILES string of the molecule is CCCCC(CC)NCC1CCCCC1C(=O)O. The van der Waals surface area contributed by atoms with E-state index in [1.54, 1.807) is 0 Å². The topological polar surface area (TPSA) is 49.3 Å². The summed E-state index contributed by atoms with van der Waals surface area (Å²) in [5.74, 6) is -0.370. The first kappa shape index (κ1) is 15.5. The number of carboxylic acid groups (broad SMARTS) is 1. The van der Waals surface area contributed by atoms with E-state index in [4.69, 9.17) is 0 Å². The van der Waals surface area contributed by atoms with Crippen LogP contribution in [0.25, 0.3) is 0 Å². The lowest BCUT2D eigenvalue weighted by Gasteiger charge is -2.30. The van der Waals surface area contributed by atoms with Crippen molar-refractivity contribution in [1.29, 1.82) is 0 Å². The summed E-state index contributed by atoms with van der Waals surface area (Å²) in [7, 11) is 0. The van der Waals surface area contributed by atoms with E-state index in [0.717, 1.165) is 32.2 Å². The van der Waals surface area contributed by atoms with Crippen molar-refractivity contribution in [3.63, 3.8) is 0 Å². The fourth-order valence-electron chi connectivity index (χ4n) is 3.00. The molecule has 0 aromatic heterocycles. The largest absolute Gasteiger partial charge is 0.481 e. The van der Waals surface area contributed by atoms with Gasteiger partial charge >= 0.3 is 5.97 Å². The van der Waals surface area contributed by atoms with Crippen molar-refractivity contribution < 1.29 is 9.90 Å². The maximum Gasteiger partial charge on any atom is 0.306 e. The zero-order chi connectivity index (χ0) is 13.4. The Labute approximate surface area is 111 Å². The molecule has 1 aliphatic carbocycles. The second-order valence-electron chi connectivity index (χ2n) is 5.64. The zero-order valence-electron chi connectivity index (χ0n) is 12.0. The van der Waals surface area contributed by atoms with E-state index >= 15 is 0 Å². The molecule has 0 aliphatic heterocycles. The highest BCUT2D eigenvalue weighted by Gasteiger charge is 2.30. The van der Waals surface area contributed by atoms with E-state index < -0.39 is 5.97 Å². The fraction of sp³-hybridized carbons (Fsp3) is 0.933. The van der Waals surface area contributed by atoms with Crippen LogP contribution < -0.4 is 5.32 Å². The summed E-state index contributed by atoms with van der Waals surface area (Å²) in [4.78, 5) is 11.2. The number of hydrogen-bond acceptors (Lipinski definition) is 2. The van der Waals surface area contributed by atoms with Gasteiger partial charge in [0.1, 0.15) is 0 Å². The minimum Gasteiger partial charge on any atom is -0.481 e. The highest BCUT2D eigenvalue weighted by Crippen LogP contribution is 2.29. The van der Waals surface area contributed by atoms with Gasteiger partial charge in [0, 0.05) is 6.04 Å². The van der Waals surface area contributed by atoms with E-state index in [0.29, 0.717) is 12.0 Å². The molecule has 1 saturated carbocycles. The first-order valence-corrected chi connectivity index (χ1v) is 7.65. The highest BCUT2D eigenvalue weighted by molar-refractivity contribution is 5.70. The Morgan fingerprint density at radius 1 is 1.33 bits per heavy atom. The zero-order valence-corrected chi connectivity index (χ0v) is 12.0. The standard InChI is InChI=1S/C15H29NO2/c1-3-5-9-13(4-2)16-11-12-8-6-7-10-14(12)15(17)18/h12-14,16H,3-11H2,1-2H3,(H,17,18). The predicted molar refractivity (Wildman–Crippen MR) is 74.7 cm³/mol. The first-order chi connectivity index (χ1) is 8.69. The first-order valence-electron chi connectivity index (χ1n) is 7.65. The van der Waals surface area contributed by atoms with Gasteiger partial charge in [0.2, 0.25) is 0 Å². The maximum atomic E-state index is 11.2. The number of aliphatic carboxylic acids is 1. The number of carbonyl (C=O) groups is 1. The Hall–Kier alpha value is -0.570. The van der Waals surface area contributed by atoms with Crippen molar-refractivity contribution in [3.8, 4) is 0 Å². The van der Waals surface area contributed by atoms with Crippen LogP contribution in [-0.4, -0.2) is 23.7 Å². The molecule has 106 valence electrons. The third kappa shape index (κ3) is 4.97. The van der Waals surface area contributed by atoms with Gasteiger partial charge in [0.05, 0.1) is 5.92 Å². The third-order valence-electron chi connectivity index (χ3n) is 4.29. The molecule has 18 heavy (non-hydrogen) atoms. The quantitative estimate of drug-likeness (QED) is 0.698. The van der Waals surface area contributed by atoms with Crippen molar-refractivity contribution in [1.82, 2.24) is 5.32 Å². The lowest BCUT2D eigenvalue weighted by molar-refractivity contribution is -0.144. The Bertz CT molecular complexity index is 243. The molecular formula is C15H29NO2. The Morgan fingerprint density at radius 2 is 2.06 bits per heavy atom. The predicted octanol–water partition coefficient (Wildman–Crippen LogP) is 3.44. The van der Waals surface area contributed by atoms with Crippen molar-refractivity contribution in [2.75, 3.05) is 6.54 Å². The van der Waals surface area contributed by atoms with Crippen LogP contribution in [0, 0.1) is 11.8 Å².